The molecule has 1 aliphatic rings. The Labute approximate surface area is 163 Å². The lowest BCUT2D eigenvalue weighted by atomic mass is 10.1. The van der Waals surface area contributed by atoms with Gasteiger partial charge in [0, 0.05) is 13.0 Å². The molecule has 5 nitrogen and oxygen atoms in total. The number of carbonyl (C=O) groups is 2. The number of benzene rings is 1. The molecule has 0 unspecified atom stereocenters. The highest BCUT2D eigenvalue weighted by molar-refractivity contribution is 8.26. The van der Waals surface area contributed by atoms with E-state index in [2.05, 4.69) is 13.8 Å². The zero-order valence-electron chi connectivity index (χ0n) is 14.9. The smallest absolute Gasteiger partial charge is 0.303 e. The molecule has 0 aliphatic carbocycles. The van der Waals surface area contributed by atoms with E-state index in [1.807, 2.05) is 24.3 Å². The van der Waals surface area contributed by atoms with Gasteiger partial charge in [0.2, 0.25) is 0 Å². The molecule has 2 rings (SSSR count). The van der Waals surface area contributed by atoms with E-state index in [0.29, 0.717) is 34.7 Å². The second kappa shape index (κ2) is 9.73. The van der Waals surface area contributed by atoms with E-state index >= 15 is 0 Å². The van der Waals surface area contributed by atoms with Gasteiger partial charge in [0.05, 0.1) is 11.5 Å². The molecule has 0 atom stereocenters. The number of thioether (sulfide) groups is 1. The molecule has 1 saturated heterocycles. The van der Waals surface area contributed by atoms with Gasteiger partial charge >= 0.3 is 5.97 Å². The highest BCUT2D eigenvalue weighted by Gasteiger charge is 2.31. The van der Waals surface area contributed by atoms with Crippen LogP contribution < -0.4 is 4.74 Å². The molecule has 7 heteroatoms. The summed E-state index contributed by atoms with van der Waals surface area (Å²) in [4.78, 5) is 25.1. The van der Waals surface area contributed by atoms with Crippen LogP contribution in [0.15, 0.2) is 29.2 Å². The van der Waals surface area contributed by atoms with Crippen molar-refractivity contribution in [3.63, 3.8) is 0 Å². The predicted molar refractivity (Wildman–Crippen MR) is 108 cm³/mol. The quantitative estimate of drug-likeness (QED) is 0.501. The Morgan fingerprint density at radius 2 is 2.04 bits per heavy atom. The Bertz CT molecular complexity index is 698. The summed E-state index contributed by atoms with van der Waals surface area (Å²) in [7, 11) is 0. The summed E-state index contributed by atoms with van der Waals surface area (Å²) >= 11 is 6.49. The Balaban J connectivity index is 1.95. The molecule has 0 saturated carbocycles. The zero-order valence-corrected chi connectivity index (χ0v) is 16.6. The first kappa shape index (κ1) is 20.5. The van der Waals surface area contributed by atoms with Gasteiger partial charge in [0.1, 0.15) is 10.1 Å². The number of carboxylic acid groups (broad SMARTS) is 1. The SMILES string of the molecule is CC(C)CCOc1ccc(/C=C2\SC(=S)N(CCCC(=O)O)C2=O)cc1. The van der Waals surface area contributed by atoms with Crippen LogP contribution in [0.5, 0.6) is 5.75 Å². The number of hydrogen-bond donors (Lipinski definition) is 1. The number of aliphatic carboxylic acids is 1. The molecule has 0 spiro atoms. The fourth-order valence-corrected chi connectivity index (χ4v) is 3.61. The van der Waals surface area contributed by atoms with E-state index in [-0.39, 0.29) is 12.3 Å². The summed E-state index contributed by atoms with van der Waals surface area (Å²) in [6.07, 6.45) is 3.21. The lowest BCUT2D eigenvalue weighted by molar-refractivity contribution is -0.137. The Morgan fingerprint density at radius 1 is 1.35 bits per heavy atom. The molecule has 26 heavy (non-hydrogen) atoms. The van der Waals surface area contributed by atoms with Crippen molar-refractivity contribution in [3.05, 3.63) is 34.7 Å². The van der Waals surface area contributed by atoms with Gasteiger partial charge in [-0.15, -0.1) is 0 Å². The molecule has 140 valence electrons. The maximum absolute atomic E-state index is 12.4. The van der Waals surface area contributed by atoms with Crippen molar-refractivity contribution < 1.29 is 19.4 Å². The Kier molecular flexibility index (Phi) is 7.66. The van der Waals surface area contributed by atoms with Crippen LogP contribution in [0, 0.1) is 5.92 Å². The second-order valence-corrected chi connectivity index (χ2v) is 8.11. The first-order chi connectivity index (χ1) is 12.4. The molecule has 1 amide bonds. The third-order valence-electron chi connectivity index (χ3n) is 3.79. The van der Waals surface area contributed by atoms with Crippen LogP contribution in [0.25, 0.3) is 6.08 Å². The second-order valence-electron chi connectivity index (χ2n) is 6.43. The zero-order chi connectivity index (χ0) is 19.1. The summed E-state index contributed by atoms with van der Waals surface area (Å²) < 4.78 is 6.16. The first-order valence-electron chi connectivity index (χ1n) is 8.57. The molecule has 1 aromatic carbocycles. The summed E-state index contributed by atoms with van der Waals surface area (Å²) in [6, 6.07) is 7.59. The predicted octanol–water partition coefficient (Wildman–Crippen LogP) is 4.18. The van der Waals surface area contributed by atoms with Gasteiger partial charge < -0.3 is 9.84 Å². The van der Waals surface area contributed by atoms with Crippen LogP contribution in [0.4, 0.5) is 0 Å². The molecular formula is C19H23NO4S2. The van der Waals surface area contributed by atoms with Gasteiger partial charge in [-0.2, -0.15) is 0 Å². The molecule has 0 bridgehead atoms. The van der Waals surface area contributed by atoms with E-state index in [1.165, 1.54) is 16.7 Å². The van der Waals surface area contributed by atoms with Crippen LogP contribution >= 0.6 is 24.0 Å². The summed E-state index contributed by atoms with van der Waals surface area (Å²) in [5.74, 6) is 0.375. The minimum Gasteiger partial charge on any atom is -0.494 e. The lowest BCUT2D eigenvalue weighted by Crippen LogP contribution is -2.29. The van der Waals surface area contributed by atoms with Gasteiger partial charge in [-0.1, -0.05) is 50.0 Å². The van der Waals surface area contributed by atoms with Crippen molar-refractivity contribution >= 4 is 46.3 Å². The van der Waals surface area contributed by atoms with E-state index < -0.39 is 5.97 Å². The van der Waals surface area contributed by atoms with Crippen molar-refractivity contribution in [3.8, 4) is 5.75 Å². The van der Waals surface area contributed by atoms with E-state index in [0.717, 1.165) is 17.7 Å². The van der Waals surface area contributed by atoms with E-state index in [9.17, 15) is 9.59 Å². The fourth-order valence-electron chi connectivity index (χ4n) is 2.31. The number of carbonyl (C=O) groups excluding carboxylic acids is 1. The molecular weight excluding hydrogens is 370 g/mol. The number of ether oxygens (including phenoxy) is 1. The van der Waals surface area contributed by atoms with Crippen molar-refractivity contribution in [2.45, 2.75) is 33.1 Å². The highest BCUT2D eigenvalue weighted by atomic mass is 32.2. The molecule has 1 aromatic rings. The summed E-state index contributed by atoms with van der Waals surface area (Å²) in [6.45, 7) is 5.33. The van der Waals surface area contributed by atoms with Crippen LogP contribution in [-0.2, 0) is 9.59 Å². The molecule has 0 radical (unpaired) electrons. The average molecular weight is 394 g/mol. The topological polar surface area (TPSA) is 66.8 Å². The molecule has 1 heterocycles. The van der Waals surface area contributed by atoms with Gasteiger partial charge in [0.25, 0.3) is 5.91 Å². The number of nitrogens with zero attached hydrogens (tertiary/aromatic N) is 1. The Hall–Kier alpha value is -1.86. The van der Waals surface area contributed by atoms with Gasteiger partial charge in [0.15, 0.2) is 0 Å². The first-order valence-corrected chi connectivity index (χ1v) is 9.79. The number of rotatable bonds is 9. The van der Waals surface area contributed by atoms with Crippen LogP contribution in [0.3, 0.4) is 0 Å². The lowest BCUT2D eigenvalue weighted by Gasteiger charge is -2.13. The van der Waals surface area contributed by atoms with Crippen molar-refractivity contribution in [2.24, 2.45) is 5.92 Å². The summed E-state index contributed by atoms with van der Waals surface area (Å²) in [5.41, 5.74) is 0.896. The van der Waals surface area contributed by atoms with Gasteiger partial charge in [-0.05, 0) is 42.5 Å². The maximum Gasteiger partial charge on any atom is 0.303 e. The third kappa shape index (κ3) is 6.14. The van der Waals surface area contributed by atoms with Crippen molar-refractivity contribution in [1.82, 2.24) is 4.90 Å². The van der Waals surface area contributed by atoms with Crippen LogP contribution in [0.1, 0.15) is 38.7 Å². The number of thiocarbonyl (C=S) groups is 1. The molecule has 1 aliphatic heterocycles. The minimum absolute atomic E-state index is 0.0222. The van der Waals surface area contributed by atoms with Crippen LogP contribution in [-0.4, -0.2) is 39.4 Å². The van der Waals surface area contributed by atoms with Gasteiger partial charge in [-0.25, -0.2) is 0 Å². The molecule has 0 aromatic heterocycles. The number of hydrogen-bond acceptors (Lipinski definition) is 5. The molecule has 1 N–H and O–H groups in total. The number of carboxylic acids is 1. The molecule has 1 fully saturated rings. The normalized spacial score (nSPS) is 16.0. The third-order valence-corrected chi connectivity index (χ3v) is 5.17. The van der Waals surface area contributed by atoms with Crippen molar-refractivity contribution in [2.75, 3.05) is 13.2 Å². The van der Waals surface area contributed by atoms with Gasteiger partial charge in [-0.3, -0.25) is 14.5 Å². The van der Waals surface area contributed by atoms with E-state index in [4.69, 9.17) is 22.1 Å². The maximum atomic E-state index is 12.4. The summed E-state index contributed by atoms with van der Waals surface area (Å²) in [5, 5.41) is 8.71. The Morgan fingerprint density at radius 3 is 2.65 bits per heavy atom. The van der Waals surface area contributed by atoms with Crippen LogP contribution in [0.2, 0.25) is 0 Å². The fraction of sp³-hybridized carbons (Fsp3) is 0.421. The average Bonchev–Trinajstić information content (AvgIpc) is 2.83. The monoisotopic (exact) mass is 393 g/mol. The number of amides is 1. The standard InChI is InChI=1S/C19H23NO4S2/c1-13(2)9-11-24-15-7-5-14(6-8-15)12-16-18(23)20(19(25)26-16)10-3-4-17(21)22/h5-8,12-13H,3-4,9-11H2,1-2H3,(H,21,22)/b16-12-. The van der Waals surface area contributed by atoms with E-state index in [1.54, 1.807) is 6.08 Å². The van der Waals surface area contributed by atoms with Crippen molar-refractivity contribution in [1.29, 1.82) is 0 Å². The highest BCUT2D eigenvalue weighted by Crippen LogP contribution is 2.33. The minimum atomic E-state index is -0.873. The largest absolute Gasteiger partial charge is 0.494 e.